The number of alkyl halides is 2. The molecular formula is C102H112ClF3N14O13. The predicted molar refractivity (Wildman–Crippen MR) is 519 cm³/mol. The molecule has 0 atom stereocenters. The SMILES string of the molecule is C=[N+]([O-])c1cccc(NC(=O)NCCc2ccc(O)cc2)c1.CC(F)(F)c1ccccc1NC(=O)NCCc1ccc(O)cc1.Cc1cc(F)cc(NC(=O)NCCc2ccc(O)cc2)c1.Cc1ccc(CCNC(=O)Nc2ccc(C(N)=O)c(Cl)c2)cc1.Cc1ccc(CCNC(=O)Nc2cccc(C)c2)cc1.O=C(NCCc1ccc(O)cc1)Nc1ccc(OCC2CC2)cc1. The molecule has 13 rings (SSSR count). The Kier molecular flexibility index (Phi) is 41.6. The van der Waals surface area contributed by atoms with Crippen LogP contribution in [0.5, 0.6) is 28.7 Å². The number of phenolic OH excluding ortho intramolecular Hbond substituents is 4. The fourth-order valence-corrected chi connectivity index (χ4v) is 12.6. The number of hydrogen-bond acceptors (Lipinski definition) is 13. The molecule has 12 aromatic rings. The van der Waals surface area contributed by atoms with Gasteiger partial charge in [0.25, 0.3) is 5.92 Å². The lowest BCUT2D eigenvalue weighted by molar-refractivity contribution is -0.349. The van der Waals surface area contributed by atoms with Crippen LogP contribution in [0.1, 0.15) is 91.3 Å². The van der Waals surface area contributed by atoms with Crippen molar-refractivity contribution in [3.8, 4) is 28.7 Å². The van der Waals surface area contributed by atoms with Gasteiger partial charge < -0.3 is 99.9 Å². The molecule has 0 saturated heterocycles. The summed E-state index contributed by atoms with van der Waals surface area (Å²) >= 11 is 5.93. The number of nitrogens with one attached hydrogen (secondary N) is 12. The van der Waals surface area contributed by atoms with Gasteiger partial charge in [0.2, 0.25) is 11.6 Å². The molecule has 1 fully saturated rings. The summed E-state index contributed by atoms with van der Waals surface area (Å²) in [6.07, 6.45) is 6.70. The van der Waals surface area contributed by atoms with Gasteiger partial charge in [-0.25, -0.2) is 41.9 Å². The molecule has 12 aromatic carbocycles. The number of phenols is 4. The Labute approximate surface area is 776 Å². The average molecular weight is 1830 g/mol. The van der Waals surface area contributed by atoms with Crippen molar-refractivity contribution in [3.63, 3.8) is 0 Å². The number of aryl methyl sites for hydroxylation is 4. The Balaban J connectivity index is 0.000000197. The number of ether oxygens (including phenoxy) is 1. The minimum Gasteiger partial charge on any atom is -0.619 e. The van der Waals surface area contributed by atoms with E-state index < -0.39 is 17.9 Å². The van der Waals surface area contributed by atoms with E-state index >= 15 is 0 Å². The van der Waals surface area contributed by atoms with Crippen LogP contribution in [0.4, 0.5) is 81.8 Å². The van der Waals surface area contributed by atoms with Crippen LogP contribution in [0.2, 0.25) is 5.02 Å². The second-order valence-electron chi connectivity index (χ2n) is 31.0. The van der Waals surface area contributed by atoms with Crippen molar-refractivity contribution >= 4 is 100 Å². The molecule has 0 aromatic heterocycles. The highest BCUT2D eigenvalue weighted by atomic mass is 35.5. The topological polar surface area (TPSA) is 406 Å². The number of halogens is 4. The molecule has 1 saturated carbocycles. The van der Waals surface area contributed by atoms with Gasteiger partial charge in [-0.15, -0.1) is 0 Å². The molecule has 0 spiro atoms. The van der Waals surface area contributed by atoms with Crippen molar-refractivity contribution < 1.29 is 76.6 Å². The number of carbonyl (C=O) groups is 7. The van der Waals surface area contributed by atoms with Gasteiger partial charge in [0.05, 0.1) is 22.9 Å². The molecule has 1 aliphatic rings. The van der Waals surface area contributed by atoms with Crippen molar-refractivity contribution in [1.82, 2.24) is 31.9 Å². The molecule has 0 radical (unpaired) electrons. The minimum absolute atomic E-state index is 0.0853. The molecule has 27 nitrogen and oxygen atoms in total. The minimum atomic E-state index is -3.03. The first-order valence-corrected chi connectivity index (χ1v) is 43.1. The quantitative estimate of drug-likeness (QED) is 0.00862. The number of primary amides is 1. The molecule has 133 heavy (non-hydrogen) atoms. The second kappa shape index (κ2) is 53.9. The maximum atomic E-state index is 13.5. The summed E-state index contributed by atoms with van der Waals surface area (Å²) in [5, 5.41) is 80.5. The molecule has 13 amide bonds. The number of para-hydroxylation sites is 1. The normalized spacial score (nSPS) is 10.9. The standard InChI is InChI=1S/C19H22N2O3.C17H18ClN3O2.C17H18F2N2O2.C17H20N2O.C16H17FN2O2.C16H17N3O3/c22-17-7-3-14(4-8-17)11-12-20-19(23)21-16-5-9-18(10-6-16)24-13-15-1-2-15;1-11-2-4-12(5-3-11)8-9-20-17(23)21-13-6-7-14(16(19)22)15(18)10-13;1-17(18,19)14-4-2-3-5-15(14)21-16(23)20-11-10-12-6-8-13(22)9-7-12;1-13-6-8-15(9-7-13)10-11-18-17(20)19-16-5-3-4-14(2)12-16;1-11-8-13(17)10-14(9-11)19-16(21)18-7-6-12-2-4-15(20)5-3-12;1-19(22)14-4-2-3-13(11-14)18-16(21)17-10-9-12-5-7-15(20)8-6-12/h3-10,15,22H,1-2,11-13H2,(H2,20,21,23);2-7,10H,8-9H2,1H3,(H2,19,22)(H2,20,21,23);2-9,22H,10-11H2,1H3,(H2,20,21,23);3-9,12H,10-11H2,1-2H3,(H2,18,19,20);2-5,8-10,20H,6-7H2,1H3,(H2,18,19,21);2-8,11,20H,1,9-10H2,(H2,17,18,21). The lowest BCUT2D eigenvalue weighted by atomic mass is 10.1. The van der Waals surface area contributed by atoms with Crippen LogP contribution in [0.15, 0.2) is 279 Å². The summed E-state index contributed by atoms with van der Waals surface area (Å²) in [6, 6.07) is 78.1. The zero-order valence-corrected chi connectivity index (χ0v) is 75.2. The van der Waals surface area contributed by atoms with Gasteiger partial charge >= 0.3 is 36.2 Å². The molecular weight excluding hydrogens is 1720 g/mol. The van der Waals surface area contributed by atoms with Crippen LogP contribution in [0, 0.1) is 44.6 Å². The van der Waals surface area contributed by atoms with Gasteiger partial charge in [0.15, 0.2) is 0 Å². The third kappa shape index (κ3) is 41.1. The number of amides is 13. The molecule has 0 aliphatic heterocycles. The Morgan fingerprint density at radius 1 is 0.406 bits per heavy atom. The van der Waals surface area contributed by atoms with Gasteiger partial charge in [-0.05, 0) is 263 Å². The van der Waals surface area contributed by atoms with Crippen molar-refractivity contribution in [2.75, 3.05) is 77.8 Å². The summed E-state index contributed by atoms with van der Waals surface area (Å²) in [6.45, 7) is 15.6. The maximum absolute atomic E-state index is 13.5. The van der Waals surface area contributed by atoms with Crippen molar-refractivity contribution in [1.29, 1.82) is 0 Å². The Morgan fingerprint density at radius 3 is 1.12 bits per heavy atom. The number of aromatic hydroxyl groups is 4. The molecule has 18 N–H and O–H groups in total. The number of carbonyl (C=O) groups excluding carboxylic acids is 7. The van der Waals surface area contributed by atoms with Crippen LogP contribution < -0.4 is 74.3 Å². The highest BCUT2D eigenvalue weighted by molar-refractivity contribution is 6.34. The Morgan fingerprint density at radius 2 is 0.752 bits per heavy atom. The van der Waals surface area contributed by atoms with E-state index in [9.17, 15) is 67.3 Å². The second-order valence-corrected chi connectivity index (χ2v) is 31.4. The van der Waals surface area contributed by atoms with Gasteiger partial charge in [0, 0.05) is 92.3 Å². The number of nitrogens with two attached hydrogens (primary N) is 1. The fourth-order valence-electron chi connectivity index (χ4n) is 12.3. The van der Waals surface area contributed by atoms with Crippen LogP contribution in [-0.4, -0.2) is 120 Å². The molecule has 31 heteroatoms. The predicted octanol–water partition coefficient (Wildman–Crippen LogP) is 20.0. The van der Waals surface area contributed by atoms with Gasteiger partial charge in [-0.1, -0.05) is 156 Å². The monoisotopic (exact) mass is 1830 g/mol. The van der Waals surface area contributed by atoms with Crippen LogP contribution in [-0.2, 0) is 44.4 Å². The summed E-state index contributed by atoms with van der Waals surface area (Å²) in [7, 11) is 0. The lowest BCUT2D eigenvalue weighted by Crippen LogP contribution is -2.31. The van der Waals surface area contributed by atoms with Crippen molar-refractivity contribution in [3.05, 3.63) is 362 Å². The molecule has 1 aliphatic carbocycles. The molecule has 0 unspecified atom stereocenters. The number of benzene rings is 12. The largest absolute Gasteiger partial charge is 0.619 e. The van der Waals surface area contributed by atoms with E-state index in [0.717, 1.165) is 88.4 Å². The fraction of sp³-hybridized carbons (Fsp3) is 0.216. The van der Waals surface area contributed by atoms with Crippen LogP contribution >= 0.6 is 11.6 Å². The van der Waals surface area contributed by atoms with E-state index in [0.29, 0.717) is 92.4 Å². The van der Waals surface area contributed by atoms with Crippen LogP contribution in [0.25, 0.3) is 0 Å². The van der Waals surface area contributed by atoms with Crippen LogP contribution in [0.3, 0.4) is 0 Å². The summed E-state index contributed by atoms with van der Waals surface area (Å²) in [5.41, 5.74) is 19.3. The third-order valence-corrected chi connectivity index (χ3v) is 19.9. The zero-order valence-electron chi connectivity index (χ0n) is 74.4. The van der Waals surface area contributed by atoms with Gasteiger partial charge in [0.1, 0.15) is 41.3 Å². The molecule has 0 bridgehead atoms. The first kappa shape index (κ1) is 103. The summed E-state index contributed by atoms with van der Waals surface area (Å²) < 4.78 is 46.3. The van der Waals surface area contributed by atoms with Gasteiger partial charge in [-0.3, -0.25) is 4.79 Å². The Bertz CT molecular complexity index is 5720. The summed E-state index contributed by atoms with van der Waals surface area (Å²) in [5.74, 6) is -1.61. The number of rotatable bonds is 30. The highest BCUT2D eigenvalue weighted by Gasteiger charge is 2.28. The number of nitrogens with zero attached hydrogens (tertiary/aromatic N) is 1. The average Bonchev–Trinajstić information content (AvgIpc) is 1.82. The third-order valence-electron chi connectivity index (χ3n) is 19.6. The summed E-state index contributed by atoms with van der Waals surface area (Å²) in [4.78, 5) is 81.8. The smallest absolute Gasteiger partial charge is 0.319 e. The van der Waals surface area contributed by atoms with E-state index in [1.54, 1.807) is 134 Å². The molecule has 696 valence electrons. The number of anilines is 6. The van der Waals surface area contributed by atoms with E-state index in [4.69, 9.17) is 27.2 Å². The molecule has 0 heterocycles. The number of urea groups is 6. The van der Waals surface area contributed by atoms with Crippen molar-refractivity contribution in [2.45, 2.75) is 91.9 Å². The highest BCUT2D eigenvalue weighted by Crippen LogP contribution is 2.34. The van der Waals surface area contributed by atoms with Crippen molar-refractivity contribution in [2.24, 2.45) is 11.7 Å². The zero-order chi connectivity index (χ0) is 96.0. The number of hydrogen-bond donors (Lipinski definition) is 17. The first-order valence-electron chi connectivity index (χ1n) is 42.7. The Hall–Kier alpha value is -15.7. The lowest BCUT2D eigenvalue weighted by Gasteiger charge is -2.16. The van der Waals surface area contributed by atoms with Gasteiger partial charge in [-0.2, -0.15) is 4.74 Å². The first-order chi connectivity index (χ1) is 63.7. The van der Waals surface area contributed by atoms with E-state index in [2.05, 4.69) is 102 Å². The van der Waals surface area contributed by atoms with E-state index in [1.807, 2.05) is 98.8 Å². The van der Waals surface area contributed by atoms with E-state index in [1.165, 1.54) is 72.0 Å². The van der Waals surface area contributed by atoms with E-state index in [-0.39, 0.29) is 80.8 Å². The maximum Gasteiger partial charge on any atom is 0.319 e.